The SMILES string of the molecule is CCN1CCN(C(=O)NC(C(=O)N[C@@H]2C(=O)N3[C@@H]2SC(C)(C)[C@@H]3C(=O)O)c2ccccc2)C(=O)C1=O.CCOC(=O)c1cnnn1C[C@@]1(C)[C@H](C(=O)O)C2C(=O)CC2S1(=O)=O. The number of β-lactam (4-membered cyclic amide) rings is 1. The molecule has 5 heterocycles. The highest BCUT2D eigenvalue weighted by Crippen LogP contribution is 2.54. The van der Waals surface area contributed by atoms with Gasteiger partial charge in [0.2, 0.25) is 11.8 Å². The Hall–Kier alpha value is -5.91. The molecule has 4 saturated heterocycles. The third-order valence-corrected chi connectivity index (χ3v) is 16.2. The average molecular weight is 889 g/mol. The minimum Gasteiger partial charge on any atom is -0.481 e. The minimum atomic E-state index is -3.93. The van der Waals surface area contributed by atoms with E-state index in [1.54, 1.807) is 58.0 Å². The molecule has 5 fully saturated rings. The number of piperazine rings is 1. The number of sulfone groups is 1. The van der Waals surface area contributed by atoms with Gasteiger partial charge >= 0.3 is 35.8 Å². The molecule has 8 atom stereocenters. The van der Waals surface area contributed by atoms with Crippen molar-refractivity contribution in [3.8, 4) is 0 Å². The number of Topliss-reactive ketones (excluding diaryl/α,β-unsaturated/α-hetero) is 1. The molecule has 1 aliphatic carbocycles. The van der Waals surface area contributed by atoms with E-state index in [9.17, 15) is 61.8 Å². The van der Waals surface area contributed by atoms with Gasteiger partial charge in [-0.1, -0.05) is 35.5 Å². The molecule has 0 radical (unpaired) electrons. The van der Waals surface area contributed by atoms with Gasteiger partial charge in [-0.05, 0) is 40.2 Å². The van der Waals surface area contributed by atoms with Gasteiger partial charge in [-0.2, -0.15) is 0 Å². The molecule has 24 heteroatoms. The van der Waals surface area contributed by atoms with Gasteiger partial charge in [-0.3, -0.25) is 33.7 Å². The summed E-state index contributed by atoms with van der Waals surface area (Å²) in [6.07, 6.45) is 0.951. The molecule has 3 unspecified atom stereocenters. The van der Waals surface area contributed by atoms with Gasteiger partial charge in [0.25, 0.3) is 0 Å². The number of carbonyl (C=O) groups is 9. The first-order valence-electron chi connectivity index (χ1n) is 19.2. The van der Waals surface area contributed by atoms with E-state index in [0.29, 0.717) is 12.1 Å². The molecule has 4 N–H and O–H groups in total. The standard InChI is InChI=1S/C23H27N5O7S.C14H17N3O7S/c1-4-26-10-11-27(19(32)18(26)31)22(35)25-13(12-8-6-5-7-9-12)16(29)24-14-17(30)28-15(21(33)34)23(2,3)36-20(14)28;1-3-24-13(21)7-5-15-16-17(7)6-14(2)11(12(19)20)10-8(18)4-9(10)25(14,22)23/h5-9,13-15,20H,4,10-11H2,1-3H3,(H,24,29)(H,25,35)(H,33,34);5,9-11H,3-4,6H2,1-2H3,(H,19,20)/t13?,14-,15+,20-;9?,10?,11-,14-/m10/s1. The summed E-state index contributed by atoms with van der Waals surface area (Å²) in [5.41, 5.74) is 0.328. The lowest BCUT2D eigenvalue weighted by molar-refractivity contribution is -0.161. The number of carboxylic acid groups (broad SMARTS) is 2. The van der Waals surface area contributed by atoms with Crippen molar-refractivity contribution in [1.29, 1.82) is 0 Å². The number of likely N-dealkylation sites (N-methyl/N-ethyl adjacent to an activating group) is 1. The number of thioether (sulfide) groups is 1. The molecule has 61 heavy (non-hydrogen) atoms. The monoisotopic (exact) mass is 888 g/mol. The maximum atomic E-state index is 13.3. The summed E-state index contributed by atoms with van der Waals surface area (Å²) in [7, 11) is -3.93. The molecule has 22 nitrogen and oxygen atoms in total. The average Bonchev–Trinajstić information content (AvgIpc) is 3.81. The lowest BCUT2D eigenvalue weighted by Gasteiger charge is -2.44. The van der Waals surface area contributed by atoms with Crippen LogP contribution in [-0.4, -0.2) is 160 Å². The van der Waals surface area contributed by atoms with Crippen molar-refractivity contribution in [3.63, 3.8) is 0 Å². The summed E-state index contributed by atoms with van der Waals surface area (Å²) in [6, 6.07) is 4.11. The lowest BCUT2D eigenvalue weighted by Crippen LogP contribution is -2.71. The van der Waals surface area contributed by atoms with Gasteiger partial charge in [0.15, 0.2) is 15.5 Å². The highest BCUT2D eigenvalue weighted by molar-refractivity contribution is 8.01. The van der Waals surface area contributed by atoms with Crippen LogP contribution < -0.4 is 10.6 Å². The van der Waals surface area contributed by atoms with Gasteiger partial charge in [0.05, 0.1) is 30.5 Å². The van der Waals surface area contributed by atoms with E-state index in [0.717, 1.165) is 15.8 Å². The second-order valence-corrected chi connectivity index (χ2v) is 20.0. The number of nitrogens with one attached hydrogen (secondary N) is 2. The molecule has 0 spiro atoms. The normalized spacial score (nSPS) is 28.6. The fourth-order valence-corrected chi connectivity index (χ4v) is 12.8. The lowest BCUT2D eigenvalue weighted by atomic mass is 9.70. The number of urea groups is 1. The summed E-state index contributed by atoms with van der Waals surface area (Å²) < 4.78 is 29.1. The molecule has 2 aromatic rings. The number of carboxylic acids is 2. The largest absolute Gasteiger partial charge is 0.481 e. The number of imide groups is 1. The molecule has 1 aromatic heterocycles. The van der Waals surface area contributed by atoms with Crippen LogP contribution in [0.1, 0.15) is 63.1 Å². The number of hydrogen-bond acceptors (Lipinski definition) is 15. The van der Waals surface area contributed by atoms with Gasteiger partial charge in [0.1, 0.15) is 34.0 Å². The summed E-state index contributed by atoms with van der Waals surface area (Å²) in [5, 5.41) is 30.0. The van der Waals surface area contributed by atoms with Gasteiger partial charge in [-0.15, -0.1) is 16.9 Å². The molecule has 6 amide bonds. The molecular weight excluding hydrogens is 845 g/mol. The topological polar surface area (TPSA) is 302 Å². The van der Waals surface area contributed by atoms with Crippen molar-refractivity contribution in [1.82, 2.24) is 40.3 Å². The number of rotatable bonds is 11. The number of carbonyl (C=O) groups excluding carboxylic acids is 7. The molecule has 1 aromatic carbocycles. The zero-order valence-electron chi connectivity index (χ0n) is 33.5. The maximum Gasteiger partial charge on any atom is 0.358 e. The first-order chi connectivity index (χ1) is 28.6. The van der Waals surface area contributed by atoms with Crippen molar-refractivity contribution < 1.29 is 66.5 Å². The Balaban J connectivity index is 0.000000218. The van der Waals surface area contributed by atoms with E-state index in [1.165, 1.54) is 28.5 Å². The number of esters is 1. The van der Waals surface area contributed by atoms with Crippen LogP contribution in [0.25, 0.3) is 0 Å². The Morgan fingerprint density at radius 1 is 0.984 bits per heavy atom. The van der Waals surface area contributed by atoms with Crippen LogP contribution in [0, 0.1) is 11.8 Å². The van der Waals surface area contributed by atoms with Crippen LogP contribution in [0.4, 0.5) is 4.79 Å². The second kappa shape index (κ2) is 16.5. The number of hydrogen-bond donors (Lipinski definition) is 4. The van der Waals surface area contributed by atoms with Crippen molar-refractivity contribution in [2.45, 2.75) is 85.8 Å². The summed E-state index contributed by atoms with van der Waals surface area (Å²) in [4.78, 5) is 114. The highest BCUT2D eigenvalue weighted by atomic mass is 32.2. The van der Waals surface area contributed by atoms with Crippen molar-refractivity contribution in [2.75, 3.05) is 26.2 Å². The predicted molar refractivity (Wildman–Crippen MR) is 209 cm³/mol. The fourth-order valence-electron chi connectivity index (χ4n) is 8.45. The van der Waals surface area contributed by atoms with Crippen molar-refractivity contribution >= 4 is 75.0 Å². The third-order valence-electron chi connectivity index (χ3n) is 11.6. The smallest absolute Gasteiger partial charge is 0.358 e. The van der Waals surface area contributed by atoms with E-state index >= 15 is 0 Å². The zero-order valence-corrected chi connectivity index (χ0v) is 35.2. The van der Waals surface area contributed by atoms with Crippen LogP contribution in [0.5, 0.6) is 0 Å². The number of ether oxygens (including phenoxy) is 1. The summed E-state index contributed by atoms with van der Waals surface area (Å²) >= 11 is 1.28. The summed E-state index contributed by atoms with van der Waals surface area (Å²) in [5.74, 6) is -9.04. The van der Waals surface area contributed by atoms with Crippen LogP contribution in [0.3, 0.4) is 0 Å². The van der Waals surface area contributed by atoms with E-state index in [2.05, 4.69) is 20.9 Å². The number of aliphatic carboxylic acids is 2. The second-order valence-electron chi connectivity index (χ2n) is 15.6. The number of benzene rings is 1. The Morgan fingerprint density at radius 3 is 2.25 bits per heavy atom. The van der Waals surface area contributed by atoms with E-state index in [-0.39, 0.29) is 37.6 Å². The Kier molecular flexibility index (Phi) is 12.1. The highest BCUT2D eigenvalue weighted by Gasteiger charge is 2.71. The molecule has 0 bridgehead atoms. The minimum absolute atomic E-state index is 0.0200. The molecular formula is C37H44N8O14S2. The summed E-state index contributed by atoms with van der Waals surface area (Å²) in [6.45, 7) is 8.27. The predicted octanol–water partition coefficient (Wildman–Crippen LogP) is -0.940. The van der Waals surface area contributed by atoms with E-state index < -0.39 is 114 Å². The molecule has 5 aliphatic rings. The van der Waals surface area contributed by atoms with Crippen molar-refractivity contribution in [2.24, 2.45) is 11.8 Å². The van der Waals surface area contributed by atoms with Gasteiger partial charge < -0.3 is 35.4 Å². The Morgan fingerprint density at radius 2 is 1.66 bits per heavy atom. The number of fused-ring (bicyclic) bond motifs is 2. The Labute approximate surface area is 352 Å². The fraction of sp³-hybridized carbons (Fsp3) is 0.541. The number of ketones is 1. The number of aromatic nitrogens is 3. The third kappa shape index (κ3) is 7.59. The Bertz CT molecular complexity index is 2300. The molecule has 7 rings (SSSR count). The van der Waals surface area contributed by atoms with Crippen LogP contribution >= 0.6 is 11.8 Å². The molecule has 328 valence electrons. The van der Waals surface area contributed by atoms with Crippen LogP contribution in [-0.2, 0) is 54.7 Å². The molecule has 1 saturated carbocycles. The van der Waals surface area contributed by atoms with Crippen LogP contribution in [0.15, 0.2) is 36.5 Å². The molecule has 4 aliphatic heterocycles. The zero-order chi connectivity index (χ0) is 44.9. The van der Waals surface area contributed by atoms with Crippen LogP contribution in [0.2, 0.25) is 0 Å². The maximum absolute atomic E-state index is 13.3. The first-order valence-corrected chi connectivity index (χ1v) is 21.6. The van der Waals surface area contributed by atoms with E-state index in [4.69, 9.17) is 4.74 Å². The van der Waals surface area contributed by atoms with Gasteiger partial charge in [0, 0.05) is 36.7 Å². The quantitative estimate of drug-likeness (QED) is 0.120. The van der Waals surface area contributed by atoms with Gasteiger partial charge in [-0.25, -0.2) is 27.5 Å². The number of amides is 6. The first kappa shape index (κ1) is 44.6. The number of nitrogens with zero attached hydrogens (tertiary/aromatic N) is 6. The van der Waals surface area contributed by atoms with E-state index in [1.807, 2.05) is 0 Å². The van der Waals surface area contributed by atoms with Crippen molar-refractivity contribution in [3.05, 3.63) is 47.8 Å².